The monoisotopic (exact) mass is 295 g/mol. The van der Waals surface area contributed by atoms with Gasteiger partial charge in [-0.1, -0.05) is 6.92 Å². The molecule has 0 aromatic carbocycles. The minimum atomic E-state index is -3.08. The number of aromatic amines is 1. The summed E-state index contributed by atoms with van der Waals surface area (Å²) in [6.45, 7) is 3.04. The van der Waals surface area contributed by atoms with Crippen molar-refractivity contribution >= 4 is 26.9 Å². The minimum absolute atomic E-state index is 0.0995. The highest BCUT2D eigenvalue weighted by molar-refractivity contribution is 7.88. The number of nitrogens with zero attached hydrogens (tertiary/aromatic N) is 3. The van der Waals surface area contributed by atoms with E-state index in [0.29, 0.717) is 13.1 Å². The van der Waals surface area contributed by atoms with Crippen molar-refractivity contribution < 1.29 is 8.42 Å². The van der Waals surface area contributed by atoms with Crippen LogP contribution in [0, 0.1) is 0 Å². The zero-order chi connectivity index (χ0) is 14.3. The Kier molecular flexibility index (Phi) is 3.14. The molecule has 0 radical (unpaired) electrons. The van der Waals surface area contributed by atoms with Crippen molar-refractivity contribution in [2.75, 3.05) is 24.7 Å². The summed E-state index contributed by atoms with van der Waals surface area (Å²) < 4.78 is 24.1. The van der Waals surface area contributed by atoms with Gasteiger partial charge in [-0.25, -0.2) is 18.4 Å². The van der Waals surface area contributed by atoms with Gasteiger partial charge in [-0.05, 0) is 12.0 Å². The lowest BCUT2D eigenvalue weighted by Crippen LogP contribution is -2.56. The molecule has 0 unspecified atom stereocenters. The highest BCUT2D eigenvalue weighted by atomic mass is 32.2. The van der Waals surface area contributed by atoms with E-state index < -0.39 is 10.0 Å². The topological polar surface area (TPSA) is 91.0 Å². The van der Waals surface area contributed by atoms with E-state index in [1.807, 2.05) is 6.20 Å². The minimum Gasteiger partial charge on any atom is -0.364 e. The number of fused-ring (bicyclic) bond motifs is 1. The molecule has 1 aliphatic heterocycles. The van der Waals surface area contributed by atoms with Gasteiger partial charge in [-0.2, -0.15) is 4.31 Å². The fourth-order valence-electron chi connectivity index (χ4n) is 2.41. The Bertz CT molecular complexity index is 733. The number of H-pyrrole nitrogens is 1. The second-order valence-corrected chi connectivity index (χ2v) is 7.02. The summed E-state index contributed by atoms with van der Waals surface area (Å²) in [5, 5.41) is 4.30. The summed E-state index contributed by atoms with van der Waals surface area (Å²) in [5.41, 5.74) is 1.96. The van der Waals surface area contributed by atoms with Crippen molar-refractivity contribution in [2.24, 2.45) is 0 Å². The van der Waals surface area contributed by atoms with Crippen LogP contribution in [0.25, 0.3) is 11.0 Å². The van der Waals surface area contributed by atoms with E-state index >= 15 is 0 Å². The van der Waals surface area contributed by atoms with Gasteiger partial charge in [0.25, 0.3) is 0 Å². The molecular formula is C12H17N5O2S. The van der Waals surface area contributed by atoms with Crippen LogP contribution >= 0.6 is 0 Å². The Hall–Kier alpha value is -1.67. The number of aryl methyl sites for hydroxylation is 1. The number of rotatable bonds is 4. The summed E-state index contributed by atoms with van der Waals surface area (Å²) in [4.78, 5) is 11.6. The van der Waals surface area contributed by atoms with Gasteiger partial charge < -0.3 is 10.3 Å². The van der Waals surface area contributed by atoms with Crippen LogP contribution in [-0.2, 0) is 16.4 Å². The first-order chi connectivity index (χ1) is 9.49. The van der Waals surface area contributed by atoms with Crippen molar-refractivity contribution in [3.63, 3.8) is 0 Å². The Morgan fingerprint density at radius 3 is 2.85 bits per heavy atom. The van der Waals surface area contributed by atoms with Crippen LogP contribution < -0.4 is 5.32 Å². The average molecular weight is 295 g/mol. The van der Waals surface area contributed by atoms with Gasteiger partial charge in [0.15, 0.2) is 0 Å². The van der Waals surface area contributed by atoms with E-state index in [-0.39, 0.29) is 6.04 Å². The molecule has 0 aliphatic carbocycles. The first kappa shape index (κ1) is 13.3. The zero-order valence-electron chi connectivity index (χ0n) is 11.4. The predicted octanol–water partition coefficient (Wildman–Crippen LogP) is 0.576. The van der Waals surface area contributed by atoms with Gasteiger partial charge in [-0.15, -0.1) is 0 Å². The normalized spacial score (nSPS) is 17.3. The van der Waals surface area contributed by atoms with Crippen molar-refractivity contribution in [3.8, 4) is 0 Å². The molecule has 3 heterocycles. The molecule has 2 aromatic heterocycles. The Balaban J connectivity index is 1.81. The van der Waals surface area contributed by atoms with Gasteiger partial charge >= 0.3 is 0 Å². The lowest BCUT2D eigenvalue weighted by atomic mass is 10.1. The largest absolute Gasteiger partial charge is 0.364 e. The number of anilines is 1. The summed E-state index contributed by atoms with van der Waals surface area (Å²) in [7, 11) is -3.08. The van der Waals surface area contributed by atoms with Crippen LogP contribution in [0.1, 0.15) is 12.5 Å². The van der Waals surface area contributed by atoms with E-state index in [2.05, 4.69) is 27.2 Å². The van der Waals surface area contributed by atoms with Gasteiger partial charge in [0.2, 0.25) is 10.0 Å². The van der Waals surface area contributed by atoms with Gasteiger partial charge in [0, 0.05) is 19.3 Å². The van der Waals surface area contributed by atoms with Crippen LogP contribution in [0.4, 0.5) is 5.82 Å². The second kappa shape index (κ2) is 4.71. The quantitative estimate of drug-likeness (QED) is 0.861. The van der Waals surface area contributed by atoms with Crippen LogP contribution in [0.2, 0.25) is 0 Å². The molecule has 2 aromatic rings. The molecule has 0 spiro atoms. The van der Waals surface area contributed by atoms with Crippen molar-refractivity contribution in [2.45, 2.75) is 19.4 Å². The Morgan fingerprint density at radius 2 is 2.20 bits per heavy atom. The molecule has 0 amide bonds. The summed E-state index contributed by atoms with van der Waals surface area (Å²) in [6.07, 6.45) is 5.57. The molecular weight excluding hydrogens is 278 g/mol. The SMILES string of the molecule is CCc1c[nH]c2ncnc(NC3CN(S(C)(=O)=O)C3)c12. The molecule has 1 fully saturated rings. The zero-order valence-corrected chi connectivity index (χ0v) is 12.2. The third kappa shape index (κ3) is 2.25. The van der Waals surface area contributed by atoms with Crippen molar-refractivity contribution in [1.29, 1.82) is 0 Å². The highest BCUT2D eigenvalue weighted by Gasteiger charge is 2.33. The number of aromatic nitrogens is 3. The Labute approximate surface area is 117 Å². The van der Waals surface area contributed by atoms with Crippen LogP contribution in [0.15, 0.2) is 12.5 Å². The number of hydrogen-bond donors (Lipinski definition) is 2. The molecule has 2 N–H and O–H groups in total. The van der Waals surface area contributed by atoms with E-state index in [1.165, 1.54) is 16.9 Å². The fraction of sp³-hybridized carbons (Fsp3) is 0.500. The van der Waals surface area contributed by atoms with Crippen LogP contribution in [0.5, 0.6) is 0 Å². The van der Waals surface area contributed by atoms with E-state index in [0.717, 1.165) is 28.8 Å². The molecule has 0 atom stereocenters. The smallest absolute Gasteiger partial charge is 0.211 e. The van der Waals surface area contributed by atoms with Crippen LogP contribution in [-0.4, -0.2) is 53.1 Å². The van der Waals surface area contributed by atoms with E-state index in [1.54, 1.807) is 0 Å². The van der Waals surface area contributed by atoms with E-state index in [4.69, 9.17) is 0 Å². The van der Waals surface area contributed by atoms with Gasteiger partial charge in [-0.3, -0.25) is 0 Å². The molecule has 0 saturated carbocycles. The molecule has 7 nitrogen and oxygen atoms in total. The number of nitrogens with one attached hydrogen (secondary N) is 2. The lowest BCUT2D eigenvalue weighted by Gasteiger charge is -2.37. The summed E-state index contributed by atoms with van der Waals surface area (Å²) >= 11 is 0. The standard InChI is InChI=1S/C12H17N5O2S/c1-3-8-4-13-11-10(8)12(15-7-14-11)16-9-5-17(6-9)20(2,18)19/h4,7,9H,3,5-6H2,1-2H3,(H2,13,14,15,16). The maximum Gasteiger partial charge on any atom is 0.211 e. The maximum absolute atomic E-state index is 11.4. The average Bonchev–Trinajstić information content (AvgIpc) is 2.75. The summed E-state index contributed by atoms with van der Waals surface area (Å²) in [5.74, 6) is 0.770. The highest BCUT2D eigenvalue weighted by Crippen LogP contribution is 2.25. The molecule has 0 bridgehead atoms. The lowest BCUT2D eigenvalue weighted by molar-refractivity contribution is 0.282. The molecule has 8 heteroatoms. The number of sulfonamides is 1. The van der Waals surface area contributed by atoms with Gasteiger partial charge in [0.05, 0.1) is 17.7 Å². The number of hydrogen-bond acceptors (Lipinski definition) is 5. The van der Waals surface area contributed by atoms with Crippen molar-refractivity contribution in [1.82, 2.24) is 19.3 Å². The summed E-state index contributed by atoms with van der Waals surface area (Å²) in [6, 6.07) is 0.0995. The van der Waals surface area contributed by atoms with E-state index in [9.17, 15) is 8.42 Å². The molecule has 20 heavy (non-hydrogen) atoms. The van der Waals surface area contributed by atoms with Crippen LogP contribution in [0.3, 0.4) is 0 Å². The molecule has 1 aliphatic rings. The third-order valence-corrected chi connectivity index (χ3v) is 4.83. The maximum atomic E-state index is 11.4. The fourth-order valence-corrected chi connectivity index (χ4v) is 3.31. The molecule has 3 rings (SSSR count). The van der Waals surface area contributed by atoms with Crippen molar-refractivity contribution in [3.05, 3.63) is 18.1 Å². The first-order valence-corrected chi connectivity index (χ1v) is 8.36. The molecule has 1 saturated heterocycles. The van der Waals surface area contributed by atoms with Gasteiger partial charge in [0.1, 0.15) is 17.8 Å². The third-order valence-electron chi connectivity index (χ3n) is 3.59. The Morgan fingerprint density at radius 1 is 1.45 bits per heavy atom. The first-order valence-electron chi connectivity index (χ1n) is 6.51. The second-order valence-electron chi connectivity index (χ2n) is 5.03. The molecule has 108 valence electrons. The predicted molar refractivity (Wildman–Crippen MR) is 77.1 cm³/mol.